The van der Waals surface area contributed by atoms with Crippen LogP contribution >= 0.6 is 0 Å². The maximum atomic E-state index is 12.9. The summed E-state index contributed by atoms with van der Waals surface area (Å²) in [6.07, 6.45) is 2.71. The summed E-state index contributed by atoms with van der Waals surface area (Å²) >= 11 is 0. The molecule has 9 nitrogen and oxygen atoms in total. The summed E-state index contributed by atoms with van der Waals surface area (Å²) in [5, 5.41) is 2.81. The van der Waals surface area contributed by atoms with Crippen LogP contribution in [-0.2, 0) is 14.3 Å². The Labute approximate surface area is 175 Å². The number of anilines is 1. The van der Waals surface area contributed by atoms with E-state index in [9.17, 15) is 19.2 Å². The Kier molecular flexibility index (Phi) is 6.40. The van der Waals surface area contributed by atoms with Crippen LogP contribution in [0.2, 0.25) is 0 Å². The standard InChI is InChI=1S/C21H28N4O5/c1-11-9-15(19(22)27)18(12(2)17(11)20(23)28)24-21(29)13-3-5-14(6-4-13)25-7-8-30-10-16(25)26/h9,13-14H,3-8,10H2,1-2H3,(H2,22,27)(H2,23,28)(H,24,29). The third-order valence-electron chi connectivity index (χ3n) is 6.07. The van der Waals surface area contributed by atoms with E-state index in [1.807, 2.05) is 4.90 Å². The molecule has 1 aromatic carbocycles. The number of aryl methyl sites for hydroxylation is 1. The first kappa shape index (κ1) is 21.8. The number of carbonyl (C=O) groups is 4. The van der Waals surface area contributed by atoms with Gasteiger partial charge in [-0.3, -0.25) is 19.2 Å². The minimum absolute atomic E-state index is 0.00508. The van der Waals surface area contributed by atoms with Crippen molar-refractivity contribution in [2.75, 3.05) is 25.1 Å². The van der Waals surface area contributed by atoms with Crippen molar-refractivity contribution in [3.8, 4) is 0 Å². The molecule has 2 fully saturated rings. The Balaban J connectivity index is 1.73. The van der Waals surface area contributed by atoms with E-state index in [2.05, 4.69) is 5.32 Å². The Morgan fingerprint density at radius 3 is 2.33 bits per heavy atom. The van der Waals surface area contributed by atoms with E-state index in [1.165, 1.54) is 6.07 Å². The second kappa shape index (κ2) is 8.83. The number of carbonyl (C=O) groups excluding carboxylic acids is 4. The highest BCUT2D eigenvalue weighted by molar-refractivity contribution is 6.08. The summed E-state index contributed by atoms with van der Waals surface area (Å²) in [6.45, 7) is 4.54. The highest BCUT2D eigenvalue weighted by Crippen LogP contribution is 2.32. The molecule has 162 valence electrons. The maximum Gasteiger partial charge on any atom is 0.250 e. The van der Waals surface area contributed by atoms with E-state index in [4.69, 9.17) is 16.2 Å². The number of amides is 4. The van der Waals surface area contributed by atoms with Gasteiger partial charge in [-0.15, -0.1) is 0 Å². The van der Waals surface area contributed by atoms with Crippen LogP contribution in [0.3, 0.4) is 0 Å². The second-order valence-corrected chi connectivity index (χ2v) is 7.98. The summed E-state index contributed by atoms with van der Waals surface area (Å²) in [7, 11) is 0. The quantitative estimate of drug-likeness (QED) is 0.652. The number of morpholine rings is 1. The minimum atomic E-state index is -0.693. The van der Waals surface area contributed by atoms with E-state index in [-0.39, 0.29) is 47.2 Å². The van der Waals surface area contributed by atoms with Crippen molar-refractivity contribution in [2.45, 2.75) is 45.6 Å². The highest BCUT2D eigenvalue weighted by Gasteiger charge is 2.33. The Morgan fingerprint density at radius 2 is 1.77 bits per heavy atom. The van der Waals surface area contributed by atoms with E-state index < -0.39 is 11.8 Å². The van der Waals surface area contributed by atoms with Crippen LogP contribution in [0.1, 0.15) is 57.5 Å². The van der Waals surface area contributed by atoms with Crippen molar-refractivity contribution in [1.82, 2.24) is 4.90 Å². The van der Waals surface area contributed by atoms with E-state index in [1.54, 1.807) is 13.8 Å². The zero-order valence-electron chi connectivity index (χ0n) is 17.3. The minimum Gasteiger partial charge on any atom is -0.370 e. The molecule has 0 bridgehead atoms. The van der Waals surface area contributed by atoms with Crippen molar-refractivity contribution in [3.05, 3.63) is 28.3 Å². The van der Waals surface area contributed by atoms with Gasteiger partial charge in [0.25, 0.3) is 5.91 Å². The topological polar surface area (TPSA) is 145 Å². The molecule has 0 aromatic heterocycles. The van der Waals surface area contributed by atoms with Crippen LogP contribution in [-0.4, -0.2) is 54.3 Å². The van der Waals surface area contributed by atoms with Gasteiger partial charge in [-0.05, 0) is 56.7 Å². The summed E-state index contributed by atoms with van der Waals surface area (Å²) in [5.41, 5.74) is 12.6. The molecule has 1 aliphatic heterocycles. The predicted octanol–water partition coefficient (Wildman–Crippen LogP) is 0.857. The average molecular weight is 416 g/mol. The number of nitrogens with one attached hydrogen (secondary N) is 1. The zero-order valence-corrected chi connectivity index (χ0v) is 17.3. The summed E-state index contributed by atoms with van der Waals surface area (Å²) < 4.78 is 5.18. The molecule has 9 heteroatoms. The summed E-state index contributed by atoms with van der Waals surface area (Å²) in [4.78, 5) is 50.6. The van der Waals surface area contributed by atoms with Crippen LogP contribution in [0.5, 0.6) is 0 Å². The van der Waals surface area contributed by atoms with E-state index in [0.717, 1.165) is 12.8 Å². The summed E-state index contributed by atoms with van der Waals surface area (Å²) in [6, 6.07) is 1.60. The number of nitrogens with two attached hydrogens (primary N) is 2. The van der Waals surface area contributed by atoms with Gasteiger partial charge in [0.2, 0.25) is 17.7 Å². The fourth-order valence-corrected chi connectivity index (χ4v) is 4.51. The lowest BCUT2D eigenvalue weighted by atomic mass is 9.84. The third kappa shape index (κ3) is 4.30. The van der Waals surface area contributed by atoms with Crippen LogP contribution in [0.4, 0.5) is 5.69 Å². The number of primary amides is 2. The van der Waals surface area contributed by atoms with Crippen molar-refractivity contribution < 1.29 is 23.9 Å². The van der Waals surface area contributed by atoms with Crippen LogP contribution in [0.25, 0.3) is 0 Å². The molecule has 1 saturated carbocycles. The number of benzene rings is 1. The predicted molar refractivity (Wildman–Crippen MR) is 110 cm³/mol. The van der Waals surface area contributed by atoms with Gasteiger partial charge in [0.05, 0.1) is 17.9 Å². The smallest absolute Gasteiger partial charge is 0.250 e. The molecular weight excluding hydrogens is 388 g/mol. The zero-order chi connectivity index (χ0) is 22.0. The van der Waals surface area contributed by atoms with Gasteiger partial charge in [-0.25, -0.2) is 0 Å². The van der Waals surface area contributed by atoms with Gasteiger partial charge < -0.3 is 26.4 Å². The molecule has 1 aliphatic carbocycles. The molecule has 2 aliphatic rings. The molecule has 4 amide bonds. The van der Waals surface area contributed by atoms with Gasteiger partial charge in [-0.1, -0.05) is 0 Å². The highest BCUT2D eigenvalue weighted by atomic mass is 16.5. The first-order chi connectivity index (χ1) is 14.2. The lowest BCUT2D eigenvalue weighted by molar-refractivity contribution is -0.146. The molecule has 0 unspecified atom stereocenters. The van der Waals surface area contributed by atoms with Gasteiger partial charge >= 0.3 is 0 Å². The Morgan fingerprint density at radius 1 is 1.10 bits per heavy atom. The molecule has 1 aromatic rings. The SMILES string of the molecule is Cc1cc(C(N)=O)c(NC(=O)C2CCC(N3CCOCC3=O)CC2)c(C)c1C(N)=O. The van der Waals surface area contributed by atoms with Gasteiger partial charge in [0.1, 0.15) is 6.61 Å². The fourth-order valence-electron chi connectivity index (χ4n) is 4.51. The first-order valence-electron chi connectivity index (χ1n) is 10.1. The van der Waals surface area contributed by atoms with Gasteiger partial charge in [0.15, 0.2) is 0 Å². The third-order valence-corrected chi connectivity index (χ3v) is 6.07. The maximum absolute atomic E-state index is 12.9. The van der Waals surface area contributed by atoms with Crippen molar-refractivity contribution in [3.63, 3.8) is 0 Å². The molecule has 5 N–H and O–H groups in total. The molecule has 0 spiro atoms. The van der Waals surface area contributed by atoms with Crippen molar-refractivity contribution in [2.24, 2.45) is 17.4 Å². The molecule has 1 saturated heterocycles. The largest absolute Gasteiger partial charge is 0.370 e. The molecule has 0 radical (unpaired) electrons. The fraction of sp³-hybridized carbons (Fsp3) is 0.524. The van der Waals surface area contributed by atoms with E-state index >= 15 is 0 Å². The second-order valence-electron chi connectivity index (χ2n) is 7.98. The van der Waals surface area contributed by atoms with E-state index in [0.29, 0.717) is 37.1 Å². The molecule has 3 rings (SSSR count). The number of rotatable bonds is 5. The van der Waals surface area contributed by atoms with Crippen LogP contribution in [0.15, 0.2) is 6.07 Å². The van der Waals surface area contributed by atoms with Crippen molar-refractivity contribution in [1.29, 1.82) is 0 Å². The van der Waals surface area contributed by atoms with Crippen molar-refractivity contribution >= 4 is 29.3 Å². The normalized spacial score (nSPS) is 21.9. The number of hydrogen-bond acceptors (Lipinski definition) is 5. The number of ether oxygens (including phenoxy) is 1. The monoisotopic (exact) mass is 416 g/mol. The first-order valence-corrected chi connectivity index (χ1v) is 10.1. The van der Waals surface area contributed by atoms with Gasteiger partial charge in [-0.2, -0.15) is 0 Å². The lowest BCUT2D eigenvalue weighted by Gasteiger charge is -2.38. The average Bonchev–Trinajstić information content (AvgIpc) is 2.70. The molecule has 30 heavy (non-hydrogen) atoms. The molecular formula is C21H28N4O5. The Hall–Kier alpha value is -2.94. The Bertz CT molecular complexity index is 890. The van der Waals surface area contributed by atoms with Gasteiger partial charge in [0, 0.05) is 24.1 Å². The molecule has 1 heterocycles. The molecule has 0 atom stereocenters. The number of nitrogens with zero attached hydrogens (tertiary/aromatic N) is 1. The lowest BCUT2D eigenvalue weighted by Crippen LogP contribution is -2.49. The van der Waals surface area contributed by atoms with Crippen LogP contribution in [0, 0.1) is 19.8 Å². The summed E-state index contributed by atoms with van der Waals surface area (Å²) in [5.74, 6) is -1.81. The van der Waals surface area contributed by atoms with Crippen LogP contribution < -0.4 is 16.8 Å². The number of hydrogen-bond donors (Lipinski definition) is 3.